The highest BCUT2D eigenvalue weighted by atomic mass is 16.4. The molecule has 0 fully saturated rings. The van der Waals surface area contributed by atoms with E-state index in [-0.39, 0.29) is 0 Å². The second kappa shape index (κ2) is 3.24. The maximum absolute atomic E-state index is 9.82. The fourth-order valence-corrected chi connectivity index (χ4v) is 0.275. The smallest absolute Gasteiger partial charge is 0.327 e. The third kappa shape index (κ3) is 5.21. The van der Waals surface area contributed by atoms with Crippen molar-refractivity contribution in [1.29, 1.82) is 0 Å². The average Bonchev–Trinajstić information content (AvgIpc) is 1.61. The summed E-state index contributed by atoms with van der Waals surface area (Å²) in [6.07, 6.45) is 2.80. The lowest BCUT2D eigenvalue weighted by Crippen LogP contribution is -1.87. The molecule has 2 nitrogen and oxygen atoms in total. The first kappa shape index (κ1) is 7.21. The lowest BCUT2D eigenvalue weighted by atomic mass is 10.2. The standard InChI is InChI=1S/C6H10O2/c1-5(2)3-4-6(7)8/h3-5H,1-2H3,(H,7,8)/b4-3-. The van der Waals surface area contributed by atoms with Crippen molar-refractivity contribution in [2.45, 2.75) is 13.8 Å². The quantitative estimate of drug-likeness (QED) is 0.549. The summed E-state index contributed by atoms with van der Waals surface area (Å²) < 4.78 is 0. The molecule has 46 valence electrons. The first-order valence-corrected chi connectivity index (χ1v) is 2.54. The van der Waals surface area contributed by atoms with E-state index in [0.29, 0.717) is 5.92 Å². The summed E-state index contributed by atoms with van der Waals surface area (Å²) in [4.78, 5) is 9.82. The van der Waals surface area contributed by atoms with Gasteiger partial charge in [0.05, 0.1) is 0 Å². The van der Waals surface area contributed by atoms with Gasteiger partial charge in [-0.1, -0.05) is 19.9 Å². The van der Waals surface area contributed by atoms with Crippen LogP contribution in [0.1, 0.15) is 13.8 Å². The predicted octanol–water partition coefficient (Wildman–Crippen LogP) is 1.28. The van der Waals surface area contributed by atoms with Crippen LogP contribution in [0.3, 0.4) is 0 Å². The molecule has 0 saturated heterocycles. The lowest BCUT2D eigenvalue weighted by molar-refractivity contribution is -0.131. The van der Waals surface area contributed by atoms with Crippen LogP contribution >= 0.6 is 0 Å². The summed E-state index contributed by atoms with van der Waals surface area (Å²) in [7, 11) is 0. The predicted molar refractivity (Wildman–Crippen MR) is 31.6 cm³/mol. The maximum Gasteiger partial charge on any atom is 0.327 e. The molecule has 8 heavy (non-hydrogen) atoms. The van der Waals surface area contributed by atoms with E-state index in [1.165, 1.54) is 0 Å². The van der Waals surface area contributed by atoms with E-state index in [0.717, 1.165) is 6.08 Å². The fourth-order valence-electron chi connectivity index (χ4n) is 0.275. The van der Waals surface area contributed by atoms with E-state index in [1.807, 2.05) is 13.8 Å². The lowest BCUT2D eigenvalue weighted by Gasteiger charge is -1.88. The van der Waals surface area contributed by atoms with Crippen LogP contribution in [0.2, 0.25) is 0 Å². The van der Waals surface area contributed by atoms with E-state index in [9.17, 15) is 4.79 Å². The summed E-state index contributed by atoms with van der Waals surface area (Å²) in [5.41, 5.74) is 0. The van der Waals surface area contributed by atoms with E-state index < -0.39 is 5.97 Å². The normalized spacial score (nSPS) is 10.9. The fraction of sp³-hybridized carbons (Fsp3) is 0.500. The molecule has 0 aromatic carbocycles. The Bertz CT molecular complexity index is 103. The number of carboxylic acid groups (broad SMARTS) is 1. The Morgan fingerprint density at radius 3 is 2.25 bits per heavy atom. The number of carbonyl (C=O) groups is 1. The molecule has 0 unspecified atom stereocenters. The number of hydrogen-bond donors (Lipinski definition) is 1. The van der Waals surface area contributed by atoms with Crippen molar-refractivity contribution < 1.29 is 9.90 Å². The van der Waals surface area contributed by atoms with Gasteiger partial charge in [0.15, 0.2) is 0 Å². The molecule has 0 amide bonds. The van der Waals surface area contributed by atoms with Gasteiger partial charge in [-0.2, -0.15) is 0 Å². The molecular formula is C6H10O2. The van der Waals surface area contributed by atoms with Gasteiger partial charge in [0, 0.05) is 6.08 Å². The number of allylic oxidation sites excluding steroid dienone is 1. The molecular weight excluding hydrogens is 104 g/mol. The Kier molecular flexibility index (Phi) is 2.92. The van der Waals surface area contributed by atoms with Crippen LogP contribution in [0.4, 0.5) is 0 Å². The molecule has 0 aromatic heterocycles. The highest BCUT2D eigenvalue weighted by Gasteiger charge is 1.86. The van der Waals surface area contributed by atoms with Crippen LogP contribution in [0, 0.1) is 5.92 Å². The summed E-state index contributed by atoms with van der Waals surface area (Å²) in [6, 6.07) is 0. The van der Waals surface area contributed by atoms with Gasteiger partial charge in [0.2, 0.25) is 0 Å². The SMILES string of the molecule is CC(C)/C=C\C(=O)O. The minimum atomic E-state index is -0.876. The minimum Gasteiger partial charge on any atom is -0.478 e. The molecule has 0 heterocycles. The Balaban J connectivity index is 3.50. The molecule has 0 aliphatic heterocycles. The molecule has 2 heteroatoms. The Morgan fingerprint density at radius 2 is 2.12 bits per heavy atom. The minimum absolute atomic E-state index is 0.325. The average molecular weight is 114 g/mol. The Hall–Kier alpha value is -0.790. The van der Waals surface area contributed by atoms with Crippen molar-refractivity contribution in [3.63, 3.8) is 0 Å². The second-order valence-electron chi connectivity index (χ2n) is 1.94. The maximum atomic E-state index is 9.82. The van der Waals surface area contributed by atoms with Crippen LogP contribution in [-0.2, 0) is 4.79 Å². The van der Waals surface area contributed by atoms with Gasteiger partial charge in [-0.15, -0.1) is 0 Å². The molecule has 0 aliphatic rings. The molecule has 0 spiro atoms. The molecule has 0 atom stereocenters. The molecule has 1 N–H and O–H groups in total. The first-order chi connectivity index (χ1) is 3.63. The largest absolute Gasteiger partial charge is 0.478 e. The zero-order chi connectivity index (χ0) is 6.57. The summed E-state index contributed by atoms with van der Waals surface area (Å²) >= 11 is 0. The van der Waals surface area contributed by atoms with Crippen molar-refractivity contribution in [3.8, 4) is 0 Å². The summed E-state index contributed by atoms with van der Waals surface area (Å²) in [5.74, 6) is -0.551. The Morgan fingerprint density at radius 1 is 1.62 bits per heavy atom. The van der Waals surface area contributed by atoms with Crippen molar-refractivity contribution >= 4 is 5.97 Å². The van der Waals surface area contributed by atoms with E-state index >= 15 is 0 Å². The highest BCUT2D eigenvalue weighted by Crippen LogP contribution is 1.91. The number of aliphatic carboxylic acids is 1. The highest BCUT2D eigenvalue weighted by molar-refractivity contribution is 5.79. The van der Waals surface area contributed by atoms with Gasteiger partial charge in [-0.05, 0) is 5.92 Å². The van der Waals surface area contributed by atoms with Crippen LogP contribution in [0.5, 0.6) is 0 Å². The molecule has 0 aromatic rings. The van der Waals surface area contributed by atoms with Crippen molar-refractivity contribution in [3.05, 3.63) is 12.2 Å². The number of rotatable bonds is 2. The van der Waals surface area contributed by atoms with Gasteiger partial charge in [0.25, 0.3) is 0 Å². The van der Waals surface area contributed by atoms with Gasteiger partial charge >= 0.3 is 5.97 Å². The van der Waals surface area contributed by atoms with Gasteiger partial charge < -0.3 is 5.11 Å². The van der Waals surface area contributed by atoms with Gasteiger partial charge in [-0.3, -0.25) is 0 Å². The third-order valence-electron chi connectivity index (χ3n) is 0.624. The van der Waals surface area contributed by atoms with E-state index in [4.69, 9.17) is 5.11 Å². The summed E-state index contributed by atoms with van der Waals surface area (Å²) in [6.45, 7) is 3.86. The van der Waals surface area contributed by atoms with E-state index in [1.54, 1.807) is 6.08 Å². The number of carboxylic acids is 1. The first-order valence-electron chi connectivity index (χ1n) is 2.54. The van der Waals surface area contributed by atoms with Gasteiger partial charge in [0.1, 0.15) is 0 Å². The number of hydrogen-bond acceptors (Lipinski definition) is 1. The van der Waals surface area contributed by atoms with Crippen molar-refractivity contribution in [1.82, 2.24) is 0 Å². The topological polar surface area (TPSA) is 37.3 Å². The third-order valence-corrected chi connectivity index (χ3v) is 0.624. The van der Waals surface area contributed by atoms with Crippen molar-refractivity contribution in [2.75, 3.05) is 0 Å². The van der Waals surface area contributed by atoms with Crippen LogP contribution < -0.4 is 0 Å². The summed E-state index contributed by atoms with van der Waals surface area (Å²) in [5, 5.41) is 8.08. The molecule has 0 bridgehead atoms. The molecule has 0 radical (unpaired) electrons. The molecule has 0 rings (SSSR count). The van der Waals surface area contributed by atoms with Gasteiger partial charge in [-0.25, -0.2) is 4.79 Å². The monoisotopic (exact) mass is 114 g/mol. The van der Waals surface area contributed by atoms with Crippen molar-refractivity contribution in [2.24, 2.45) is 5.92 Å². The second-order valence-corrected chi connectivity index (χ2v) is 1.94. The Labute approximate surface area is 48.8 Å². The zero-order valence-corrected chi connectivity index (χ0v) is 5.09. The van der Waals surface area contributed by atoms with E-state index in [2.05, 4.69) is 0 Å². The molecule has 0 saturated carbocycles. The zero-order valence-electron chi connectivity index (χ0n) is 5.09. The molecule has 0 aliphatic carbocycles. The van der Waals surface area contributed by atoms with Crippen LogP contribution in [0.25, 0.3) is 0 Å². The van der Waals surface area contributed by atoms with Crippen LogP contribution in [-0.4, -0.2) is 11.1 Å². The van der Waals surface area contributed by atoms with Crippen LogP contribution in [0.15, 0.2) is 12.2 Å².